The predicted octanol–water partition coefficient (Wildman–Crippen LogP) is 2.81. The van der Waals surface area contributed by atoms with Crippen LogP contribution in [0, 0.1) is 12.0 Å². The van der Waals surface area contributed by atoms with Gasteiger partial charge in [-0.05, 0) is 24.8 Å². The number of ether oxygens (including phenoxy) is 1. The number of benzene rings is 1. The van der Waals surface area contributed by atoms with E-state index in [9.17, 15) is 4.79 Å². The molecule has 0 bridgehead atoms. The molecule has 3 nitrogen and oxygen atoms in total. The summed E-state index contributed by atoms with van der Waals surface area (Å²) in [7, 11) is 0. The minimum absolute atomic E-state index is 0.313. The van der Waals surface area contributed by atoms with Gasteiger partial charge >= 0.3 is 6.09 Å². The normalized spacial score (nSPS) is 14.0. The van der Waals surface area contributed by atoms with Crippen molar-refractivity contribution >= 4 is 6.09 Å². The number of aryl methyl sites for hydroxylation is 1. The Hall–Kier alpha value is -1.95. The molecule has 1 aliphatic heterocycles. The van der Waals surface area contributed by atoms with Gasteiger partial charge in [-0.15, -0.1) is 0 Å². The average Bonchev–Trinajstić information content (AvgIpc) is 2.81. The first-order valence-corrected chi connectivity index (χ1v) is 6.33. The zero-order valence-electron chi connectivity index (χ0n) is 10.4. The van der Waals surface area contributed by atoms with E-state index in [2.05, 4.69) is 36.2 Å². The van der Waals surface area contributed by atoms with Gasteiger partial charge in [-0.1, -0.05) is 36.3 Å². The fourth-order valence-electron chi connectivity index (χ4n) is 1.83. The van der Waals surface area contributed by atoms with Crippen molar-refractivity contribution in [1.82, 2.24) is 4.90 Å². The molecule has 3 heteroatoms. The number of nitrogens with zero attached hydrogens (tertiary/aromatic N) is 1. The van der Waals surface area contributed by atoms with Gasteiger partial charge in [-0.25, -0.2) is 9.69 Å². The van der Waals surface area contributed by atoms with Crippen LogP contribution in [-0.2, 0) is 11.2 Å². The van der Waals surface area contributed by atoms with Gasteiger partial charge in [0.15, 0.2) is 0 Å². The van der Waals surface area contributed by atoms with Crippen LogP contribution < -0.4 is 0 Å². The topological polar surface area (TPSA) is 29.5 Å². The summed E-state index contributed by atoms with van der Waals surface area (Å²) in [4.78, 5) is 12.5. The summed E-state index contributed by atoms with van der Waals surface area (Å²) in [5, 5.41) is 0. The Morgan fingerprint density at radius 1 is 1.22 bits per heavy atom. The SMILES string of the molecule is O=C1OCCN1C#CCCCCc1ccccc1. The standard InChI is InChI=1S/C15H17NO2/c17-15-16(12-13-18-15)11-7-2-1-4-8-14-9-5-3-6-10-14/h3,5-6,9-10H,1-2,4,8,12-13H2. The second-order valence-electron chi connectivity index (χ2n) is 4.25. The number of cyclic esters (lactones) is 1. The first-order chi connectivity index (χ1) is 8.86. The molecule has 0 N–H and O–H groups in total. The molecule has 0 radical (unpaired) electrons. The lowest BCUT2D eigenvalue weighted by atomic mass is 10.1. The van der Waals surface area contributed by atoms with E-state index in [0.717, 1.165) is 25.7 Å². The van der Waals surface area contributed by atoms with Crippen LogP contribution in [-0.4, -0.2) is 24.1 Å². The monoisotopic (exact) mass is 243 g/mol. The second kappa shape index (κ2) is 6.70. The molecule has 1 fully saturated rings. The summed E-state index contributed by atoms with van der Waals surface area (Å²) >= 11 is 0. The fraction of sp³-hybridized carbons (Fsp3) is 0.400. The first-order valence-electron chi connectivity index (χ1n) is 6.33. The van der Waals surface area contributed by atoms with Crippen molar-refractivity contribution in [2.24, 2.45) is 0 Å². The zero-order chi connectivity index (χ0) is 12.6. The largest absolute Gasteiger partial charge is 0.447 e. The van der Waals surface area contributed by atoms with Crippen molar-refractivity contribution in [1.29, 1.82) is 0 Å². The molecule has 1 saturated heterocycles. The van der Waals surface area contributed by atoms with Crippen LogP contribution in [0.25, 0.3) is 0 Å². The van der Waals surface area contributed by atoms with E-state index in [4.69, 9.17) is 4.74 Å². The molecule has 0 spiro atoms. The molecule has 1 aliphatic rings. The molecule has 0 atom stereocenters. The highest BCUT2D eigenvalue weighted by Crippen LogP contribution is 2.06. The number of unbranched alkanes of at least 4 members (excludes halogenated alkanes) is 2. The highest BCUT2D eigenvalue weighted by molar-refractivity contribution is 5.71. The van der Waals surface area contributed by atoms with E-state index in [0.29, 0.717) is 13.2 Å². The molecular formula is C15H17NO2. The lowest BCUT2D eigenvalue weighted by molar-refractivity contribution is 0.167. The Labute approximate surface area is 108 Å². The molecule has 0 saturated carbocycles. The van der Waals surface area contributed by atoms with Gasteiger partial charge in [0.05, 0.1) is 6.54 Å². The van der Waals surface area contributed by atoms with Crippen LogP contribution in [0.2, 0.25) is 0 Å². The maximum Gasteiger partial charge on any atom is 0.421 e. The van der Waals surface area contributed by atoms with Gasteiger partial charge in [0.1, 0.15) is 6.61 Å². The van der Waals surface area contributed by atoms with Crippen LogP contribution in [0.15, 0.2) is 30.3 Å². The summed E-state index contributed by atoms with van der Waals surface area (Å²) < 4.78 is 4.79. The van der Waals surface area contributed by atoms with Crippen molar-refractivity contribution in [2.45, 2.75) is 25.7 Å². The van der Waals surface area contributed by atoms with Gasteiger partial charge in [-0.2, -0.15) is 0 Å². The van der Waals surface area contributed by atoms with E-state index in [1.165, 1.54) is 10.5 Å². The molecule has 0 aromatic heterocycles. The van der Waals surface area contributed by atoms with Gasteiger partial charge in [0.2, 0.25) is 0 Å². The fourth-order valence-corrected chi connectivity index (χ4v) is 1.83. The third-order valence-corrected chi connectivity index (χ3v) is 2.83. The number of hydrogen-bond acceptors (Lipinski definition) is 2. The van der Waals surface area contributed by atoms with Gasteiger partial charge in [0, 0.05) is 12.5 Å². The number of carbonyl (C=O) groups excluding carboxylic acids is 1. The highest BCUT2D eigenvalue weighted by atomic mass is 16.6. The van der Waals surface area contributed by atoms with Crippen LogP contribution in [0.3, 0.4) is 0 Å². The number of hydrogen-bond donors (Lipinski definition) is 0. The van der Waals surface area contributed by atoms with E-state index >= 15 is 0 Å². The minimum Gasteiger partial charge on any atom is -0.447 e. The second-order valence-corrected chi connectivity index (χ2v) is 4.25. The lowest BCUT2D eigenvalue weighted by Gasteiger charge is -2.00. The Kier molecular flexibility index (Phi) is 4.66. The Balaban J connectivity index is 1.62. The van der Waals surface area contributed by atoms with E-state index < -0.39 is 0 Å². The number of carbonyl (C=O) groups is 1. The zero-order valence-corrected chi connectivity index (χ0v) is 10.4. The summed E-state index contributed by atoms with van der Waals surface area (Å²) in [5.41, 5.74) is 1.37. The maximum atomic E-state index is 11.1. The third kappa shape index (κ3) is 3.81. The van der Waals surface area contributed by atoms with Crippen LogP contribution in [0.5, 0.6) is 0 Å². The van der Waals surface area contributed by atoms with E-state index in [1.54, 1.807) is 0 Å². The summed E-state index contributed by atoms with van der Waals surface area (Å²) in [6.45, 7) is 1.05. The Morgan fingerprint density at radius 2 is 2.06 bits per heavy atom. The smallest absolute Gasteiger partial charge is 0.421 e. The van der Waals surface area contributed by atoms with Crippen molar-refractivity contribution < 1.29 is 9.53 Å². The molecule has 0 aliphatic carbocycles. The third-order valence-electron chi connectivity index (χ3n) is 2.83. The molecule has 94 valence electrons. The number of amides is 1. The molecule has 2 rings (SSSR count). The predicted molar refractivity (Wildman–Crippen MR) is 69.8 cm³/mol. The number of rotatable bonds is 4. The minimum atomic E-state index is -0.313. The maximum absolute atomic E-state index is 11.1. The molecule has 1 aromatic rings. The molecular weight excluding hydrogens is 226 g/mol. The lowest BCUT2D eigenvalue weighted by Crippen LogP contribution is -2.17. The van der Waals surface area contributed by atoms with Crippen LogP contribution in [0.4, 0.5) is 4.79 Å². The van der Waals surface area contributed by atoms with Gasteiger partial charge < -0.3 is 4.74 Å². The average molecular weight is 243 g/mol. The van der Waals surface area contributed by atoms with Crippen LogP contribution in [0.1, 0.15) is 24.8 Å². The van der Waals surface area contributed by atoms with Crippen molar-refractivity contribution in [3.05, 3.63) is 35.9 Å². The summed E-state index contributed by atoms with van der Waals surface area (Å²) in [6, 6.07) is 13.3. The molecule has 1 aromatic carbocycles. The Morgan fingerprint density at radius 3 is 2.78 bits per heavy atom. The highest BCUT2D eigenvalue weighted by Gasteiger charge is 2.19. The molecule has 0 unspecified atom stereocenters. The van der Waals surface area contributed by atoms with E-state index in [1.807, 2.05) is 6.07 Å². The van der Waals surface area contributed by atoms with Gasteiger partial charge in [0.25, 0.3) is 0 Å². The summed E-state index contributed by atoms with van der Waals surface area (Å²) in [6.07, 6.45) is 3.80. The first kappa shape index (κ1) is 12.5. The van der Waals surface area contributed by atoms with Crippen molar-refractivity contribution in [3.63, 3.8) is 0 Å². The molecule has 1 heterocycles. The molecule has 18 heavy (non-hydrogen) atoms. The Bertz CT molecular complexity index is 445. The quantitative estimate of drug-likeness (QED) is 0.601. The van der Waals surface area contributed by atoms with Gasteiger partial charge in [-0.3, -0.25) is 0 Å². The van der Waals surface area contributed by atoms with E-state index in [-0.39, 0.29) is 6.09 Å². The van der Waals surface area contributed by atoms with Crippen molar-refractivity contribution in [3.8, 4) is 12.0 Å². The van der Waals surface area contributed by atoms with Crippen LogP contribution >= 0.6 is 0 Å². The molecule has 1 amide bonds. The van der Waals surface area contributed by atoms with Crippen molar-refractivity contribution in [2.75, 3.05) is 13.2 Å². The summed E-state index contributed by atoms with van der Waals surface area (Å²) in [5.74, 6) is 3.02.